The third-order valence-corrected chi connectivity index (χ3v) is 4.39. The van der Waals surface area contributed by atoms with Crippen molar-refractivity contribution in [3.05, 3.63) is 67.0 Å². The first kappa shape index (κ1) is 13.9. The van der Waals surface area contributed by atoms with E-state index in [4.69, 9.17) is 9.47 Å². The number of benzene rings is 3. The van der Waals surface area contributed by atoms with Crippen LogP contribution in [0.3, 0.4) is 0 Å². The van der Waals surface area contributed by atoms with Crippen LogP contribution in [0.5, 0.6) is 17.2 Å². The smallest absolute Gasteiger partial charge is 0.153 e. The summed E-state index contributed by atoms with van der Waals surface area (Å²) >= 11 is 0. The molecule has 122 valence electrons. The normalized spacial score (nSPS) is 12.4. The maximum absolute atomic E-state index is 6.14. The van der Waals surface area contributed by atoms with E-state index in [2.05, 4.69) is 20.9 Å². The van der Waals surface area contributed by atoms with Gasteiger partial charge in [0.15, 0.2) is 11.5 Å². The Morgan fingerprint density at radius 1 is 1.00 bits per heavy atom. The van der Waals surface area contributed by atoms with Gasteiger partial charge in [0.2, 0.25) is 0 Å². The van der Waals surface area contributed by atoms with E-state index in [1.165, 1.54) is 0 Å². The molecule has 0 bridgehead atoms. The molecule has 0 amide bonds. The number of ether oxygens (including phenoxy) is 2. The van der Waals surface area contributed by atoms with Crippen molar-refractivity contribution in [2.45, 2.75) is 0 Å². The zero-order valence-corrected chi connectivity index (χ0v) is 13.6. The molecule has 3 aromatic carbocycles. The van der Waals surface area contributed by atoms with E-state index in [0.29, 0.717) is 0 Å². The number of fused-ring (bicyclic) bond motifs is 4. The van der Waals surface area contributed by atoms with Gasteiger partial charge < -0.3 is 19.4 Å². The fourth-order valence-electron chi connectivity index (χ4n) is 3.26. The van der Waals surface area contributed by atoms with E-state index in [-0.39, 0.29) is 0 Å². The van der Waals surface area contributed by atoms with E-state index < -0.39 is 0 Å². The lowest BCUT2D eigenvalue weighted by Gasteiger charge is -2.33. The molecule has 1 N–H and O–H groups in total. The molecule has 0 atom stereocenters. The fraction of sp³-hybridized carbons (Fsp3) is 0.0500. The summed E-state index contributed by atoms with van der Waals surface area (Å²) in [5.74, 6) is 2.39. The molecule has 0 radical (unpaired) electrons. The molecular formula is C20H15N3O2. The molecule has 4 aromatic rings. The molecule has 0 fully saturated rings. The van der Waals surface area contributed by atoms with Crippen LogP contribution in [0.4, 0.5) is 17.1 Å². The fourth-order valence-corrected chi connectivity index (χ4v) is 3.26. The Balaban J connectivity index is 1.83. The van der Waals surface area contributed by atoms with Crippen molar-refractivity contribution in [2.24, 2.45) is 0 Å². The summed E-state index contributed by atoms with van der Waals surface area (Å²) in [6.07, 6.45) is 1.70. The lowest BCUT2D eigenvalue weighted by atomic mass is 10.1. The summed E-state index contributed by atoms with van der Waals surface area (Å²) in [4.78, 5) is 9.85. The van der Waals surface area contributed by atoms with E-state index in [9.17, 15) is 0 Å². The number of H-pyrrole nitrogens is 1. The highest BCUT2D eigenvalue weighted by atomic mass is 16.5. The van der Waals surface area contributed by atoms with Crippen LogP contribution in [0.25, 0.3) is 11.0 Å². The minimum absolute atomic E-state index is 0.779. The number of rotatable bonds is 2. The van der Waals surface area contributed by atoms with Gasteiger partial charge in [-0.05, 0) is 36.4 Å². The molecule has 0 saturated heterocycles. The second-order valence-corrected chi connectivity index (χ2v) is 5.82. The molecule has 0 aliphatic carbocycles. The number of aromatic nitrogens is 2. The van der Waals surface area contributed by atoms with Gasteiger partial charge in [-0.1, -0.05) is 18.2 Å². The zero-order valence-electron chi connectivity index (χ0n) is 13.6. The minimum Gasteiger partial charge on any atom is -0.497 e. The molecule has 0 spiro atoms. The van der Waals surface area contributed by atoms with Gasteiger partial charge in [0.1, 0.15) is 17.0 Å². The highest BCUT2D eigenvalue weighted by Crippen LogP contribution is 2.52. The summed E-state index contributed by atoms with van der Waals surface area (Å²) in [5.41, 5.74) is 4.72. The van der Waals surface area contributed by atoms with Gasteiger partial charge in [0.05, 0.1) is 30.3 Å². The Hall–Kier alpha value is -3.47. The quantitative estimate of drug-likeness (QED) is 0.487. The van der Waals surface area contributed by atoms with Crippen molar-refractivity contribution in [3.8, 4) is 17.2 Å². The molecule has 5 nitrogen and oxygen atoms in total. The first-order valence-corrected chi connectivity index (χ1v) is 8.02. The van der Waals surface area contributed by atoms with Crippen LogP contribution in [0, 0.1) is 0 Å². The average Bonchev–Trinajstić information content (AvgIpc) is 3.15. The molecule has 2 heterocycles. The highest BCUT2D eigenvalue weighted by molar-refractivity contribution is 6.00. The van der Waals surface area contributed by atoms with Crippen LogP contribution in [-0.4, -0.2) is 17.1 Å². The van der Waals surface area contributed by atoms with Crippen LogP contribution in [0.15, 0.2) is 67.0 Å². The van der Waals surface area contributed by atoms with Crippen molar-refractivity contribution < 1.29 is 9.47 Å². The summed E-state index contributed by atoms with van der Waals surface area (Å²) < 4.78 is 11.6. The van der Waals surface area contributed by atoms with Gasteiger partial charge >= 0.3 is 0 Å². The van der Waals surface area contributed by atoms with Gasteiger partial charge in [-0.15, -0.1) is 0 Å². The summed E-state index contributed by atoms with van der Waals surface area (Å²) in [6.45, 7) is 0. The Morgan fingerprint density at radius 2 is 1.92 bits per heavy atom. The maximum atomic E-state index is 6.14. The molecule has 25 heavy (non-hydrogen) atoms. The van der Waals surface area contributed by atoms with Crippen molar-refractivity contribution >= 4 is 28.1 Å². The van der Waals surface area contributed by atoms with Crippen molar-refractivity contribution in [3.63, 3.8) is 0 Å². The molecule has 5 rings (SSSR count). The predicted octanol–water partition coefficient (Wildman–Crippen LogP) is 5.15. The molecule has 1 aliphatic heterocycles. The third-order valence-electron chi connectivity index (χ3n) is 4.39. The molecule has 1 aromatic heterocycles. The number of hydrogen-bond donors (Lipinski definition) is 1. The second kappa shape index (κ2) is 5.27. The van der Waals surface area contributed by atoms with Gasteiger partial charge in [-0.2, -0.15) is 0 Å². The standard InChI is InChI=1S/C20H15N3O2/c1-24-14-6-4-5-13(11-14)23-16-7-2-3-8-17(16)25-18-10-9-15-19(20(18)23)22-12-21-15/h2-12H,1H3,(H,21,22). The number of hydrogen-bond acceptors (Lipinski definition) is 4. The van der Waals surface area contributed by atoms with Gasteiger partial charge in [0, 0.05) is 6.07 Å². The van der Waals surface area contributed by atoms with Gasteiger partial charge in [0.25, 0.3) is 0 Å². The Morgan fingerprint density at radius 3 is 2.84 bits per heavy atom. The number of nitrogens with zero attached hydrogens (tertiary/aromatic N) is 2. The van der Waals surface area contributed by atoms with Crippen LogP contribution in [0.1, 0.15) is 0 Å². The number of anilines is 3. The monoisotopic (exact) mass is 329 g/mol. The number of imidazole rings is 1. The molecular weight excluding hydrogens is 314 g/mol. The predicted molar refractivity (Wildman–Crippen MR) is 97.4 cm³/mol. The summed E-state index contributed by atoms with van der Waals surface area (Å²) in [6, 6.07) is 19.9. The zero-order chi connectivity index (χ0) is 16.8. The van der Waals surface area contributed by atoms with E-state index in [1.807, 2.05) is 54.6 Å². The number of nitrogens with one attached hydrogen (secondary N) is 1. The van der Waals surface area contributed by atoms with Crippen LogP contribution in [-0.2, 0) is 0 Å². The number of methoxy groups -OCH3 is 1. The van der Waals surface area contributed by atoms with Crippen molar-refractivity contribution in [1.82, 2.24) is 9.97 Å². The van der Waals surface area contributed by atoms with Crippen LogP contribution >= 0.6 is 0 Å². The Bertz CT molecular complexity index is 1090. The van der Waals surface area contributed by atoms with Crippen LogP contribution in [0.2, 0.25) is 0 Å². The Kier molecular flexibility index (Phi) is 2.94. The largest absolute Gasteiger partial charge is 0.497 e. The molecule has 0 unspecified atom stereocenters. The summed E-state index contributed by atoms with van der Waals surface area (Å²) in [5, 5.41) is 0. The van der Waals surface area contributed by atoms with E-state index in [0.717, 1.165) is 45.3 Å². The van der Waals surface area contributed by atoms with E-state index >= 15 is 0 Å². The van der Waals surface area contributed by atoms with Crippen molar-refractivity contribution in [2.75, 3.05) is 12.0 Å². The second-order valence-electron chi connectivity index (χ2n) is 5.82. The van der Waals surface area contributed by atoms with E-state index in [1.54, 1.807) is 13.4 Å². The molecule has 5 heteroatoms. The average molecular weight is 329 g/mol. The first-order valence-electron chi connectivity index (χ1n) is 8.02. The lowest BCUT2D eigenvalue weighted by molar-refractivity contribution is 0.415. The number of para-hydroxylation sites is 2. The third kappa shape index (κ3) is 2.06. The lowest BCUT2D eigenvalue weighted by Crippen LogP contribution is -2.16. The Labute approximate surface area is 144 Å². The minimum atomic E-state index is 0.779. The first-order chi connectivity index (χ1) is 12.3. The summed E-state index contributed by atoms with van der Waals surface area (Å²) in [7, 11) is 1.67. The van der Waals surface area contributed by atoms with Crippen LogP contribution < -0.4 is 14.4 Å². The van der Waals surface area contributed by atoms with Gasteiger partial charge in [-0.3, -0.25) is 0 Å². The van der Waals surface area contributed by atoms with Crippen molar-refractivity contribution in [1.29, 1.82) is 0 Å². The van der Waals surface area contributed by atoms with Gasteiger partial charge in [-0.25, -0.2) is 4.98 Å². The maximum Gasteiger partial charge on any atom is 0.153 e. The molecule has 1 aliphatic rings. The molecule has 0 saturated carbocycles. The topological polar surface area (TPSA) is 50.4 Å². The number of aromatic amines is 1. The highest BCUT2D eigenvalue weighted by Gasteiger charge is 2.28. The SMILES string of the molecule is COc1cccc(N2c3ccccc3Oc3ccc4[nH]cnc4c32)c1.